The summed E-state index contributed by atoms with van der Waals surface area (Å²) in [6, 6.07) is 5.93. The first-order valence-electron chi connectivity index (χ1n) is 13.1. The minimum absolute atomic E-state index is 0.105. The zero-order valence-electron chi connectivity index (χ0n) is 21.9. The molecule has 1 aliphatic heterocycles. The molecule has 1 heterocycles. The van der Waals surface area contributed by atoms with Gasteiger partial charge in [0.25, 0.3) is 5.91 Å². The first kappa shape index (κ1) is 31.4. The summed E-state index contributed by atoms with van der Waals surface area (Å²) in [6.07, 6.45) is 2.37. The van der Waals surface area contributed by atoms with E-state index in [1.54, 1.807) is 11.0 Å². The molecule has 2 aromatic carbocycles. The summed E-state index contributed by atoms with van der Waals surface area (Å²) < 4.78 is 66.4. The third-order valence-corrected chi connectivity index (χ3v) is 6.98. The van der Waals surface area contributed by atoms with Crippen LogP contribution in [-0.4, -0.2) is 55.7 Å². The van der Waals surface area contributed by atoms with Crippen LogP contribution in [0.1, 0.15) is 54.4 Å². The predicted molar refractivity (Wildman–Crippen MR) is 145 cm³/mol. The molecule has 1 saturated carbocycles. The summed E-state index contributed by atoms with van der Waals surface area (Å²) >= 11 is 6.11. The van der Waals surface area contributed by atoms with Crippen LogP contribution in [0.2, 0.25) is 5.02 Å². The van der Waals surface area contributed by atoms with Gasteiger partial charge in [0.15, 0.2) is 11.6 Å². The van der Waals surface area contributed by atoms with E-state index in [0.29, 0.717) is 36.9 Å². The molecule has 1 aliphatic carbocycles. The zero-order chi connectivity index (χ0) is 29.3. The average Bonchev–Trinajstić information content (AvgIpc) is 3.50. The number of nitrogens with zero attached hydrogens (tertiary/aromatic N) is 2. The maximum atomic E-state index is 14.6. The van der Waals surface area contributed by atoms with Gasteiger partial charge in [0.05, 0.1) is 23.4 Å². The van der Waals surface area contributed by atoms with Crippen molar-refractivity contribution in [2.24, 2.45) is 5.73 Å². The Morgan fingerprint density at radius 1 is 0.925 bits per heavy atom. The highest BCUT2D eigenvalue weighted by atomic mass is 35.5. The summed E-state index contributed by atoms with van der Waals surface area (Å²) in [5, 5.41) is 5.05. The van der Waals surface area contributed by atoms with Crippen LogP contribution < -0.4 is 21.3 Å². The second-order valence-corrected chi connectivity index (χ2v) is 10.1. The Bertz CT molecular complexity index is 1160. The van der Waals surface area contributed by atoms with E-state index in [2.05, 4.69) is 10.6 Å². The fraction of sp³-hybridized carbons (Fsp3) is 0.481. The van der Waals surface area contributed by atoms with Gasteiger partial charge < -0.3 is 21.3 Å². The standard InChI is InChI=1S/C22H23ClF5N5O2.C5H10/c23-14-2-4-16(17(11-14)33-9-7-32(8-10-33)6-5-22(26,27)28)31-20(34)15-3-1-13(12-30-21(29)35)18(24)19(15)25;1-2-4-5-3-1/h1-4,11H,5-10,12H2,(H,31,34)(H3,29,30,35);1-5H2. The molecule has 0 spiro atoms. The first-order valence-corrected chi connectivity index (χ1v) is 13.5. The molecule has 220 valence electrons. The van der Waals surface area contributed by atoms with Gasteiger partial charge in [0, 0.05) is 49.9 Å². The normalized spacial score (nSPS) is 15.8. The fourth-order valence-corrected chi connectivity index (χ4v) is 4.69. The molecule has 0 bridgehead atoms. The molecule has 3 amide bonds. The molecular formula is C27H33ClF5N5O2. The minimum Gasteiger partial charge on any atom is -0.367 e. The number of anilines is 2. The minimum atomic E-state index is -4.23. The number of hydrogen-bond donors (Lipinski definition) is 3. The van der Waals surface area contributed by atoms with E-state index in [9.17, 15) is 31.5 Å². The monoisotopic (exact) mass is 589 g/mol. The number of urea groups is 1. The molecule has 40 heavy (non-hydrogen) atoms. The second-order valence-electron chi connectivity index (χ2n) is 9.70. The first-order chi connectivity index (χ1) is 18.9. The molecule has 1 saturated heterocycles. The van der Waals surface area contributed by atoms with E-state index in [1.807, 2.05) is 4.90 Å². The molecule has 0 unspecified atom stereocenters. The largest absolute Gasteiger partial charge is 0.390 e. The lowest BCUT2D eigenvalue weighted by Gasteiger charge is -2.37. The number of amides is 3. The summed E-state index contributed by atoms with van der Waals surface area (Å²) in [7, 11) is 0. The van der Waals surface area contributed by atoms with Crippen molar-refractivity contribution in [1.82, 2.24) is 10.2 Å². The molecule has 4 N–H and O–H groups in total. The molecule has 0 atom stereocenters. The van der Waals surface area contributed by atoms with Gasteiger partial charge in [-0.1, -0.05) is 49.8 Å². The SMILES string of the molecule is C1CCCC1.NC(=O)NCc1ccc(C(=O)Nc2ccc(Cl)cc2N2CCN(CCC(F)(F)F)CC2)c(F)c1F. The summed E-state index contributed by atoms with van der Waals surface area (Å²) in [5.74, 6) is -3.60. The van der Waals surface area contributed by atoms with Gasteiger partial charge in [-0.05, 0) is 24.3 Å². The fourth-order valence-electron chi connectivity index (χ4n) is 4.53. The highest BCUT2D eigenvalue weighted by Gasteiger charge is 2.29. The number of nitrogens with one attached hydrogen (secondary N) is 2. The molecule has 7 nitrogen and oxygen atoms in total. The van der Waals surface area contributed by atoms with Crippen molar-refractivity contribution in [2.45, 2.75) is 51.2 Å². The maximum Gasteiger partial charge on any atom is 0.390 e. The molecule has 0 aromatic heterocycles. The maximum absolute atomic E-state index is 14.6. The molecule has 13 heteroatoms. The smallest absolute Gasteiger partial charge is 0.367 e. The lowest BCUT2D eigenvalue weighted by molar-refractivity contribution is -0.138. The van der Waals surface area contributed by atoms with Gasteiger partial charge in [0.2, 0.25) is 0 Å². The second kappa shape index (κ2) is 14.5. The molecule has 4 rings (SSSR count). The van der Waals surface area contributed by atoms with Gasteiger partial charge in [-0.3, -0.25) is 9.69 Å². The highest BCUT2D eigenvalue weighted by Crippen LogP contribution is 2.31. The van der Waals surface area contributed by atoms with Gasteiger partial charge in [-0.25, -0.2) is 13.6 Å². The van der Waals surface area contributed by atoms with Crippen molar-refractivity contribution in [1.29, 1.82) is 0 Å². The number of carbonyl (C=O) groups is 2. The molecule has 2 aliphatic rings. The number of benzene rings is 2. The van der Waals surface area contributed by atoms with Gasteiger partial charge in [-0.15, -0.1) is 0 Å². The zero-order valence-corrected chi connectivity index (χ0v) is 22.7. The lowest BCUT2D eigenvalue weighted by Crippen LogP contribution is -2.47. The third kappa shape index (κ3) is 9.51. The Balaban J connectivity index is 0.000000792. The topological polar surface area (TPSA) is 90.7 Å². The molecule has 2 fully saturated rings. The number of rotatable bonds is 7. The van der Waals surface area contributed by atoms with E-state index < -0.39 is 41.7 Å². The van der Waals surface area contributed by atoms with Crippen molar-refractivity contribution >= 4 is 34.9 Å². The number of piperazine rings is 1. The highest BCUT2D eigenvalue weighted by molar-refractivity contribution is 6.31. The van der Waals surface area contributed by atoms with Crippen LogP contribution in [0, 0.1) is 11.6 Å². The van der Waals surface area contributed by atoms with Crippen LogP contribution in [0.3, 0.4) is 0 Å². The van der Waals surface area contributed by atoms with Crippen molar-refractivity contribution < 1.29 is 31.5 Å². The number of carbonyl (C=O) groups excluding carboxylic acids is 2. The number of nitrogens with two attached hydrogens (primary N) is 1. The van der Waals surface area contributed by atoms with E-state index in [4.69, 9.17) is 17.3 Å². The van der Waals surface area contributed by atoms with Crippen molar-refractivity contribution in [3.05, 3.63) is 58.1 Å². The van der Waals surface area contributed by atoms with E-state index in [0.717, 1.165) is 12.1 Å². The van der Waals surface area contributed by atoms with Crippen LogP contribution in [0.4, 0.5) is 38.1 Å². The van der Waals surface area contributed by atoms with E-state index in [-0.39, 0.29) is 24.3 Å². The van der Waals surface area contributed by atoms with Crippen LogP contribution in [0.25, 0.3) is 0 Å². The van der Waals surface area contributed by atoms with E-state index in [1.165, 1.54) is 44.2 Å². The number of halogens is 6. The average molecular weight is 590 g/mol. The number of hydrogen-bond acceptors (Lipinski definition) is 4. The molecular weight excluding hydrogens is 557 g/mol. The Labute approximate surface area is 234 Å². The van der Waals surface area contributed by atoms with E-state index >= 15 is 0 Å². The number of primary amides is 1. The van der Waals surface area contributed by atoms with Gasteiger partial charge in [0.1, 0.15) is 0 Å². The molecule has 2 aromatic rings. The quantitative estimate of drug-likeness (QED) is 0.342. The Morgan fingerprint density at radius 3 is 2.12 bits per heavy atom. The molecule has 0 radical (unpaired) electrons. The lowest BCUT2D eigenvalue weighted by atomic mass is 10.1. The Kier molecular flexibility index (Phi) is 11.4. The summed E-state index contributed by atoms with van der Waals surface area (Å²) in [5.41, 5.74) is 4.97. The Hall–Kier alpha value is -3.12. The van der Waals surface area contributed by atoms with Crippen LogP contribution in [0.15, 0.2) is 30.3 Å². The third-order valence-electron chi connectivity index (χ3n) is 6.74. The number of alkyl halides is 3. The van der Waals surface area contributed by atoms with Crippen molar-refractivity contribution in [2.75, 3.05) is 42.9 Å². The van der Waals surface area contributed by atoms with Crippen molar-refractivity contribution in [3.8, 4) is 0 Å². The Morgan fingerprint density at radius 2 is 1.55 bits per heavy atom. The van der Waals surface area contributed by atoms with Gasteiger partial charge >= 0.3 is 12.2 Å². The summed E-state index contributed by atoms with van der Waals surface area (Å²) in [6.45, 7) is 1.05. The van der Waals surface area contributed by atoms with Crippen LogP contribution in [-0.2, 0) is 6.54 Å². The van der Waals surface area contributed by atoms with Crippen LogP contribution in [0.5, 0.6) is 0 Å². The van der Waals surface area contributed by atoms with Crippen molar-refractivity contribution in [3.63, 3.8) is 0 Å². The predicted octanol–water partition coefficient (Wildman–Crippen LogP) is 6.06. The summed E-state index contributed by atoms with van der Waals surface area (Å²) in [4.78, 5) is 27.1. The van der Waals surface area contributed by atoms with Crippen LogP contribution >= 0.6 is 11.6 Å². The van der Waals surface area contributed by atoms with Gasteiger partial charge in [-0.2, -0.15) is 13.2 Å².